The molecule has 1 aromatic carbocycles. The molecule has 1 aliphatic rings. The molecule has 0 unspecified atom stereocenters. The maximum atomic E-state index is 10.9. The van der Waals surface area contributed by atoms with E-state index >= 15 is 0 Å². The largest absolute Gasteiger partial charge is 0.478 e. The van der Waals surface area contributed by atoms with E-state index in [-0.39, 0.29) is 5.56 Å². The van der Waals surface area contributed by atoms with Gasteiger partial charge in [0, 0.05) is 5.39 Å². The maximum Gasteiger partial charge on any atom is 0.339 e. The van der Waals surface area contributed by atoms with E-state index in [0.717, 1.165) is 0 Å². The van der Waals surface area contributed by atoms with Crippen molar-refractivity contribution in [3.63, 3.8) is 0 Å². The van der Waals surface area contributed by atoms with Crippen molar-refractivity contribution < 1.29 is 14.3 Å². The molecule has 1 N–H and O–H groups in total. The fourth-order valence-corrected chi connectivity index (χ4v) is 1.88. The first-order chi connectivity index (χ1) is 7.25. The highest BCUT2D eigenvalue weighted by molar-refractivity contribution is 6.02. The molecule has 0 spiro atoms. The third kappa shape index (κ3) is 1.31. The second kappa shape index (κ2) is 2.86. The summed E-state index contributed by atoms with van der Waals surface area (Å²) in [6.07, 6.45) is 3.74. The van der Waals surface area contributed by atoms with Gasteiger partial charge in [0.05, 0.1) is 0 Å². The molecule has 1 aliphatic carbocycles. The lowest BCUT2D eigenvalue weighted by Crippen LogP contribution is -1.93. The Morgan fingerprint density at radius 1 is 1.40 bits per heavy atom. The van der Waals surface area contributed by atoms with E-state index < -0.39 is 5.97 Å². The Balaban J connectivity index is 2.21. The van der Waals surface area contributed by atoms with Gasteiger partial charge in [0.15, 0.2) is 0 Å². The summed E-state index contributed by atoms with van der Waals surface area (Å²) in [5, 5.41) is 9.67. The van der Waals surface area contributed by atoms with Crippen molar-refractivity contribution in [1.82, 2.24) is 0 Å². The molecule has 2 aromatic rings. The van der Waals surface area contributed by atoms with Crippen molar-refractivity contribution in [2.24, 2.45) is 0 Å². The number of hydrogen-bond donors (Lipinski definition) is 1. The van der Waals surface area contributed by atoms with Crippen LogP contribution in [0.4, 0.5) is 0 Å². The first kappa shape index (κ1) is 8.53. The maximum absolute atomic E-state index is 10.9. The summed E-state index contributed by atoms with van der Waals surface area (Å²) in [5.41, 5.74) is 2.13. The number of hydrogen-bond acceptors (Lipinski definition) is 2. The molecule has 0 aliphatic heterocycles. The zero-order chi connectivity index (χ0) is 10.4. The second-order valence-corrected chi connectivity index (χ2v) is 3.98. The van der Waals surface area contributed by atoms with Crippen molar-refractivity contribution in [2.75, 3.05) is 0 Å². The first-order valence-electron chi connectivity index (χ1n) is 5.00. The Morgan fingerprint density at radius 3 is 2.87 bits per heavy atom. The molecule has 0 amide bonds. The highest BCUT2D eigenvalue weighted by Crippen LogP contribution is 2.41. The van der Waals surface area contributed by atoms with Crippen LogP contribution in [0, 0.1) is 0 Å². The average molecular weight is 202 g/mol. The number of carboxylic acids is 1. The highest BCUT2D eigenvalue weighted by atomic mass is 16.4. The Morgan fingerprint density at radius 2 is 2.20 bits per heavy atom. The molecular weight excluding hydrogens is 192 g/mol. The molecule has 1 aromatic heterocycles. The quantitative estimate of drug-likeness (QED) is 0.814. The average Bonchev–Trinajstić information content (AvgIpc) is 2.97. The molecule has 15 heavy (non-hydrogen) atoms. The second-order valence-electron chi connectivity index (χ2n) is 3.98. The molecule has 1 fully saturated rings. The third-order valence-electron chi connectivity index (χ3n) is 2.88. The Kier molecular flexibility index (Phi) is 1.63. The molecule has 0 saturated heterocycles. The zero-order valence-corrected chi connectivity index (χ0v) is 8.06. The van der Waals surface area contributed by atoms with Crippen LogP contribution in [-0.4, -0.2) is 11.1 Å². The molecule has 0 atom stereocenters. The lowest BCUT2D eigenvalue weighted by Gasteiger charge is -1.97. The summed E-state index contributed by atoms with van der Waals surface area (Å²) < 4.78 is 5.18. The van der Waals surface area contributed by atoms with E-state index in [1.54, 1.807) is 0 Å². The fourth-order valence-electron chi connectivity index (χ4n) is 1.88. The molecule has 1 heterocycles. The van der Waals surface area contributed by atoms with E-state index in [1.165, 1.54) is 24.7 Å². The number of benzene rings is 1. The number of carboxylic acid groups (broad SMARTS) is 1. The fraction of sp³-hybridized carbons (Fsp3) is 0.250. The van der Waals surface area contributed by atoms with Gasteiger partial charge in [-0.2, -0.15) is 0 Å². The normalized spacial score (nSPS) is 15.7. The van der Waals surface area contributed by atoms with Crippen LogP contribution in [0.3, 0.4) is 0 Å². The van der Waals surface area contributed by atoms with E-state index in [4.69, 9.17) is 9.52 Å². The Labute approximate surface area is 86.3 Å². The van der Waals surface area contributed by atoms with E-state index in [2.05, 4.69) is 0 Å². The Bertz CT molecular complexity index is 535. The molecule has 0 radical (unpaired) electrons. The molecule has 3 nitrogen and oxygen atoms in total. The van der Waals surface area contributed by atoms with Gasteiger partial charge in [-0.15, -0.1) is 0 Å². The molecule has 3 rings (SSSR count). The molecule has 1 saturated carbocycles. The van der Waals surface area contributed by atoms with Gasteiger partial charge in [0.1, 0.15) is 17.4 Å². The van der Waals surface area contributed by atoms with Crippen molar-refractivity contribution in [1.29, 1.82) is 0 Å². The van der Waals surface area contributed by atoms with Gasteiger partial charge >= 0.3 is 5.97 Å². The van der Waals surface area contributed by atoms with Crippen LogP contribution in [0.1, 0.15) is 34.7 Å². The standard InChI is InChI=1S/C12H10O3/c13-12(14)10-6-15-11-4-3-8(5-9(10)11)7-1-2-7/h3-7H,1-2H2,(H,13,14). The van der Waals surface area contributed by atoms with Crippen LogP contribution in [0.5, 0.6) is 0 Å². The van der Waals surface area contributed by atoms with Crippen molar-refractivity contribution in [2.45, 2.75) is 18.8 Å². The molecule has 3 heteroatoms. The predicted octanol–water partition coefficient (Wildman–Crippen LogP) is 3.01. The summed E-state index contributed by atoms with van der Waals surface area (Å²) in [6, 6.07) is 5.82. The lowest BCUT2D eigenvalue weighted by atomic mass is 10.1. The minimum absolute atomic E-state index is 0.257. The SMILES string of the molecule is O=C(O)c1coc2ccc(C3CC3)cc12. The molecular formula is C12H10O3. The monoisotopic (exact) mass is 202 g/mol. The van der Waals surface area contributed by atoms with Crippen molar-refractivity contribution in [3.8, 4) is 0 Å². The van der Waals surface area contributed by atoms with Crippen LogP contribution in [-0.2, 0) is 0 Å². The van der Waals surface area contributed by atoms with Gasteiger partial charge in [0.2, 0.25) is 0 Å². The summed E-state index contributed by atoms with van der Waals surface area (Å²) in [5.74, 6) is -0.298. The van der Waals surface area contributed by atoms with Gasteiger partial charge in [-0.1, -0.05) is 6.07 Å². The summed E-state index contributed by atoms with van der Waals surface area (Å²) in [6.45, 7) is 0. The van der Waals surface area contributed by atoms with Gasteiger partial charge in [-0.05, 0) is 36.5 Å². The van der Waals surface area contributed by atoms with Crippen molar-refractivity contribution in [3.05, 3.63) is 35.6 Å². The van der Waals surface area contributed by atoms with Crippen LogP contribution in [0.25, 0.3) is 11.0 Å². The van der Waals surface area contributed by atoms with Gasteiger partial charge in [-0.25, -0.2) is 4.79 Å². The van der Waals surface area contributed by atoms with E-state index in [0.29, 0.717) is 16.9 Å². The van der Waals surface area contributed by atoms with Crippen LogP contribution in [0.15, 0.2) is 28.9 Å². The highest BCUT2D eigenvalue weighted by Gasteiger charge is 2.24. The van der Waals surface area contributed by atoms with E-state index in [9.17, 15) is 4.79 Å². The number of fused-ring (bicyclic) bond motifs is 1. The van der Waals surface area contributed by atoms with Crippen LogP contribution >= 0.6 is 0 Å². The molecule has 76 valence electrons. The third-order valence-corrected chi connectivity index (χ3v) is 2.88. The number of carbonyl (C=O) groups is 1. The van der Waals surface area contributed by atoms with Crippen LogP contribution in [0.2, 0.25) is 0 Å². The van der Waals surface area contributed by atoms with Gasteiger partial charge in [-0.3, -0.25) is 0 Å². The minimum atomic E-state index is -0.929. The number of furan rings is 1. The van der Waals surface area contributed by atoms with Gasteiger partial charge < -0.3 is 9.52 Å². The number of aromatic carboxylic acids is 1. The first-order valence-corrected chi connectivity index (χ1v) is 5.00. The lowest BCUT2D eigenvalue weighted by molar-refractivity contribution is 0.0698. The smallest absolute Gasteiger partial charge is 0.339 e. The zero-order valence-electron chi connectivity index (χ0n) is 8.06. The molecule has 0 bridgehead atoms. The summed E-state index contributed by atoms with van der Waals surface area (Å²) in [7, 11) is 0. The summed E-state index contributed by atoms with van der Waals surface area (Å²) in [4.78, 5) is 10.9. The topological polar surface area (TPSA) is 50.4 Å². The number of rotatable bonds is 2. The van der Waals surface area contributed by atoms with Crippen molar-refractivity contribution >= 4 is 16.9 Å². The minimum Gasteiger partial charge on any atom is -0.478 e. The summed E-state index contributed by atoms with van der Waals surface area (Å²) >= 11 is 0. The van der Waals surface area contributed by atoms with Gasteiger partial charge in [0.25, 0.3) is 0 Å². The van der Waals surface area contributed by atoms with E-state index in [1.807, 2.05) is 18.2 Å². The van der Waals surface area contributed by atoms with Crippen LogP contribution < -0.4 is 0 Å². The predicted molar refractivity (Wildman–Crippen MR) is 55.1 cm³/mol. The Hall–Kier alpha value is -1.77.